The molecule has 1 aromatic rings. The van der Waals surface area contributed by atoms with Crippen molar-refractivity contribution in [1.82, 2.24) is 15.1 Å². The lowest BCUT2D eigenvalue weighted by Crippen LogP contribution is -2.36. The maximum Gasteiger partial charge on any atom is 0.0704 e. The van der Waals surface area contributed by atoms with E-state index in [1.54, 1.807) is 0 Å². The van der Waals surface area contributed by atoms with Gasteiger partial charge in [-0.25, -0.2) is 0 Å². The summed E-state index contributed by atoms with van der Waals surface area (Å²) in [7, 11) is 0. The summed E-state index contributed by atoms with van der Waals surface area (Å²) in [5.41, 5.74) is 1.46. The van der Waals surface area contributed by atoms with Crippen molar-refractivity contribution in [2.75, 3.05) is 6.54 Å². The molecule has 0 radical (unpaired) electrons. The highest BCUT2D eigenvalue weighted by atomic mass is 79.9. The van der Waals surface area contributed by atoms with Crippen LogP contribution in [-0.2, 0) is 0 Å². The molecule has 0 aromatic carbocycles. The van der Waals surface area contributed by atoms with Gasteiger partial charge in [-0.15, -0.1) is 0 Å². The minimum absolute atomic E-state index is 0.200. The van der Waals surface area contributed by atoms with E-state index in [0.717, 1.165) is 17.4 Å². The predicted octanol–water partition coefficient (Wildman–Crippen LogP) is 4.31. The zero-order chi connectivity index (χ0) is 13.9. The molecule has 1 atom stereocenters. The fourth-order valence-electron chi connectivity index (χ4n) is 2.18. The molecule has 1 aromatic heterocycles. The summed E-state index contributed by atoms with van der Waals surface area (Å²) in [6.07, 6.45) is 3.03. The normalized spacial score (nSPS) is 14.2. The summed E-state index contributed by atoms with van der Waals surface area (Å²) in [6, 6.07) is 0.687. The van der Waals surface area contributed by atoms with Gasteiger partial charge in [0.25, 0.3) is 0 Å². The zero-order valence-electron chi connectivity index (χ0n) is 12.4. The van der Waals surface area contributed by atoms with Crippen LogP contribution in [0.3, 0.4) is 0 Å². The summed E-state index contributed by atoms with van der Waals surface area (Å²) >= 11 is 3.65. The van der Waals surface area contributed by atoms with E-state index in [0.29, 0.717) is 12.1 Å². The van der Waals surface area contributed by atoms with Crippen LogP contribution >= 0.6 is 15.9 Å². The van der Waals surface area contributed by atoms with Gasteiger partial charge in [0.15, 0.2) is 0 Å². The minimum Gasteiger partial charge on any atom is -0.308 e. The average Bonchev–Trinajstić information content (AvgIpc) is 2.68. The molecule has 0 saturated carbocycles. The number of hydrogen-bond acceptors (Lipinski definition) is 2. The minimum atomic E-state index is 0.200. The Labute approximate surface area is 119 Å². The molecule has 1 rings (SSSR count). The second-order valence-electron chi connectivity index (χ2n) is 5.75. The highest BCUT2D eigenvalue weighted by Crippen LogP contribution is 2.39. The molecule has 0 saturated heterocycles. The molecule has 104 valence electrons. The summed E-state index contributed by atoms with van der Waals surface area (Å²) in [5, 5.41) is 8.12. The van der Waals surface area contributed by atoms with Gasteiger partial charge < -0.3 is 5.32 Å². The van der Waals surface area contributed by atoms with Gasteiger partial charge in [-0.1, -0.05) is 27.7 Å². The van der Waals surface area contributed by atoms with Crippen LogP contribution in [0.15, 0.2) is 10.7 Å². The van der Waals surface area contributed by atoms with Gasteiger partial charge in [0.05, 0.1) is 22.4 Å². The van der Waals surface area contributed by atoms with Gasteiger partial charge in [0.2, 0.25) is 0 Å². The van der Waals surface area contributed by atoms with Gasteiger partial charge in [-0.05, 0) is 48.2 Å². The van der Waals surface area contributed by atoms with Crippen LogP contribution in [0, 0.1) is 5.41 Å². The third-order valence-electron chi connectivity index (χ3n) is 3.65. The van der Waals surface area contributed by atoms with E-state index in [1.807, 2.05) is 6.20 Å². The van der Waals surface area contributed by atoms with Crippen molar-refractivity contribution in [3.8, 4) is 0 Å². The van der Waals surface area contributed by atoms with E-state index in [2.05, 4.69) is 72.6 Å². The Hall–Kier alpha value is -0.350. The first kappa shape index (κ1) is 15.7. The van der Waals surface area contributed by atoms with E-state index < -0.39 is 0 Å². The van der Waals surface area contributed by atoms with E-state index in [-0.39, 0.29) is 5.41 Å². The van der Waals surface area contributed by atoms with Crippen LogP contribution in [0.25, 0.3) is 0 Å². The molecule has 3 nitrogen and oxygen atoms in total. The van der Waals surface area contributed by atoms with Crippen molar-refractivity contribution in [1.29, 1.82) is 0 Å². The van der Waals surface area contributed by atoms with Crippen molar-refractivity contribution < 1.29 is 0 Å². The molecule has 1 heterocycles. The van der Waals surface area contributed by atoms with Gasteiger partial charge in [-0.2, -0.15) is 5.10 Å². The number of nitrogens with one attached hydrogen (secondary N) is 1. The molecule has 0 aliphatic carbocycles. The first-order chi connectivity index (χ1) is 8.35. The number of aromatic nitrogens is 2. The first-order valence-electron chi connectivity index (χ1n) is 6.81. The maximum atomic E-state index is 4.50. The number of rotatable bonds is 6. The molecule has 0 amide bonds. The number of halogens is 1. The van der Waals surface area contributed by atoms with Crippen molar-refractivity contribution in [2.24, 2.45) is 5.41 Å². The van der Waals surface area contributed by atoms with E-state index in [1.165, 1.54) is 5.69 Å². The Morgan fingerprint density at radius 3 is 2.44 bits per heavy atom. The first-order valence-corrected chi connectivity index (χ1v) is 7.60. The van der Waals surface area contributed by atoms with Crippen molar-refractivity contribution in [2.45, 2.75) is 60.0 Å². The Bertz CT molecular complexity index is 382. The molecular formula is C14H26BrN3. The lowest BCUT2D eigenvalue weighted by Gasteiger charge is -2.35. The van der Waals surface area contributed by atoms with Crippen LogP contribution in [-0.4, -0.2) is 16.3 Å². The molecule has 18 heavy (non-hydrogen) atoms. The summed E-state index contributed by atoms with van der Waals surface area (Å²) in [4.78, 5) is 0. The topological polar surface area (TPSA) is 29.9 Å². The second kappa shape index (κ2) is 6.20. The van der Waals surface area contributed by atoms with Gasteiger partial charge in [-0.3, -0.25) is 4.68 Å². The zero-order valence-corrected chi connectivity index (χ0v) is 14.0. The summed E-state index contributed by atoms with van der Waals surface area (Å²) in [6.45, 7) is 14.3. The van der Waals surface area contributed by atoms with E-state index in [4.69, 9.17) is 0 Å². The fraction of sp³-hybridized carbons (Fsp3) is 0.786. The molecule has 0 aliphatic rings. The SMILES string of the molecule is CCNC(c1c(Br)cnn1C(C)C)C(C)(C)CC. The smallest absolute Gasteiger partial charge is 0.0704 e. The quantitative estimate of drug-likeness (QED) is 0.847. The highest BCUT2D eigenvalue weighted by molar-refractivity contribution is 9.10. The number of hydrogen-bond donors (Lipinski definition) is 1. The predicted molar refractivity (Wildman–Crippen MR) is 80.8 cm³/mol. The average molecular weight is 316 g/mol. The van der Waals surface area contributed by atoms with Crippen LogP contribution in [0.1, 0.15) is 65.7 Å². The molecule has 0 fully saturated rings. The standard InChI is InChI=1S/C14H26BrN3/c1-7-14(5,6)13(16-8-2)12-11(15)9-17-18(12)10(3)4/h9-10,13,16H,7-8H2,1-6H3. The maximum absolute atomic E-state index is 4.50. The van der Waals surface area contributed by atoms with Crippen molar-refractivity contribution >= 4 is 15.9 Å². The Morgan fingerprint density at radius 1 is 1.39 bits per heavy atom. The van der Waals surface area contributed by atoms with Gasteiger partial charge >= 0.3 is 0 Å². The van der Waals surface area contributed by atoms with Crippen LogP contribution in [0.2, 0.25) is 0 Å². The van der Waals surface area contributed by atoms with Crippen molar-refractivity contribution in [3.63, 3.8) is 0 Å². The second-order valence-corrected chi connectivity index (χ2v) is 6.60. The van der Waals surface area contributed by atoms with E-state index in [9.17, 15) is 0 Å². The van der Waals surface area contributed by atoms with Gasteiger partial charge in [0.1, 0.15) is 0 Å². The summed E-state index contributed by atoms with van der Waals surface area (Å²) < 4.78 is 3.22. The lowest BCUT2D eigenvalue weighted by molar-refractivity contribution is 0.222. The third-order valence-corrected chi connectivity index (χ3v) is 4.26. The molecule has 0 bridgehead atoms. The third kappa shape index (κ3) is 3.15. The lowest BCUT2D eigenvalue weighted by atomic mass is 9.80. The van der Waals surface area contributed by atoms with Gasteiger partial charge in [0, 0.05) is 6.04 Å². The highest BCUT2D eigenvalue weighted by Gasteiger charge is 2.33. The number of nitrogens with zero attached hydrogens (tertiary/aromatic N) is 2. The van der Waals surface area contributed by atoms with Crippen LogP contribution in [0.5, 0.6) is 0 Å². The van der Waals surface area contributed by atoms with Crippen LogP contribution in [0.4, 0.5) is 0 Å². The van der Waals surface area contributed by atoms with Crippen molar-refractivity contribution in [3.05, 3.63) is 16.4 Å². The largest absolute Gasteiger partial charge is 0.308 e. The molecule has 0 spiro atoms. The van der Waals surface area contributed by atoms with Crippen LogP contribution < -0.4 is 5.32 Å². The summed E-state index contributed by atoms with van der Waals surface area (Å²) in [5.74, 6) is 0. The molecule has 1 unspecified atom stereocenters. The molecule has 4 heteroatoms. The molecular weight excluding hydrogens is 290 g/mol. The Kier molecular flexibility index (Phi) is 5.41. The molecule has 1 N–H and O–H groups in total. The molecule has 0 aliphatic heterocycles. The van der Waals surface area contributed by atoms with E-state index >= 15 is 0 Å². The fourth-order valence-corrected chi connectivity index (χ4v) is 2.69. The Balaban J connectivity index is 3.25. The Morgan fingerprint density at radius 2 is 2.00 bits per heavy atom. The monoisotopic (exact) mass is 315 g/mol.